The standard InChI is InChI=1S/C8H13NO6/c1-4(12)9-5(2-10)7(14)8(15)6(13)3-11/h2,5,7-8,11,14-15H,3H2,1H3,(H,9,12)/t5-,7+,8+/m0/s1. The maximum atomic E-state index is 10.8. The number of hydrogen-bond acceptors (Lipinski definition) is 6. The number of carbonyl (C=O) groups excluding carboxylic acids is 3. The number of carbonyl (C=O) groups is 3. The van der Waals surface area contributed by atoms with Gasteiger partial charge in [-0.2, -0.15) is 0 Å². The fourth-order valence-electron chi connectivity index (χ4n) is 0.915. The minimum absolute atomic E-state index is 0.194. The smallest absolute Gasteiger partial charge is 0.217 e. The van der Waals surface area contributed by atoms with Gasteiger partial charge in [0.25, 0.3) is 0 Å². The number of nitrogens with one attached hydrogen (secondary N) is 1. The molecule has 15 heavy (non-hydrogen) atoms. The van der Waals surface area contributed by atoms with E-state index >= 15 is 0 Å². The molecule has 0 rings (SSSR count). The third-order valence-electron chi connectivity index (χ3n) is 1.69. The molecule has 0 saturated heterocycles. The Morgan fingerprint density at radius 3 is 2.27 bits per heavy atom. The molecule has 0 heterocycles. The number of amides is 1. The van der Waals surface area contributed by atoms with Crippen molar-refractivity contribution in [3.63, 3.8) is 0 Å². The van der Waals surface area contributed by atoms with Crippen molar-refractivity contribution < 1.29 is 29.7 Å². The van der Waals surface area contributed by atoms with Crippen molar-refractivity contribution in [2.24, 2.45) is 0 Å². The molecular weight excluding hydrogens is 206 g/mol. The van der Waals surface area contributed by atoms with Crippen LogP contribution in [-0.2, 0) is 14.4 Å². The quantitative estimate of drug-likeness (QED) is 0.352. The highest BCUT2D eigenvalue weighted by molar-refractivity contribution is 5.85. The number of Topliss-reactive ketones (excluding diaryl/α,β-unsaturated/α-hetero) is 1. The molecule has 0 aliphatic heterocycles. The third kappa shape index (κ3) is 4.15. The maximum absolute atomic E-state index is 10.8. The normalized spacial score (nSPS) is 16.3. The predicted octanol–water partition coefficient (Wildman–Crippen LogP) is -3.03. The van der Waals surface area contributed by atoms with E-state index in [1.807, 2.05) is 5.32 Å². The van der Waals surface area contributed by atoms with Crippen molar-refractivity contribution in [2.45, 2.75) is 25.2 Å². The third-order valence-corrected chi connectivity index (χ3v) is 1.69. The fourth-order valence-corrected chi connectivity index (χ4v) is 0.915. The van der Waals surface area contributed by atoms with Crippen molar-refractivity contribution in [2.75, 3.05) is 6.61 Å². The first-order chi connectivity index (χ1) is 6.93. The van der Waals surface area contributed by atoms with Crippen LogP contribution in [0.1, 0.15) is 6.92 Å². The van der Waals surface area contributed by atoms with E-state index in [1.165, 1.54) is 0 Å². The average molecular weight is 219 g/mol. The Kier molecular flexibility index (Phi) is 5.68. The van der Waals surface area contributed by atoms with Gasteiger partial charge in [0.2, 0.25) is 5.91 Å². The zero-order valence-electron chi connectivity index (χ0n) is 8.08. The van der Waals surface area contributed by atoms with Crippen molar-refractivity contribution >= 4 is 18.0 Å². The molecule has 0 aromatic rings. The highest BCUT2D eigenvalue weighted by Gasteiger charge is 2.31. The van der Waals surface area contributed by atoms with Gasteiger partial charge in [-0.05, 0) is 0 Å². The summed E-state index contributed by atoms with van der Waals surface area (Å²) in [5.41, 5.74) is 0. The highest BCUT2D eigenvalue weighted by atomic mass is 16.3. The molecule has 1 amide bonds. The molecule has 0 spiro atoms. The summed E-state index contributed by atoms with van der Waals surface area (Å²) in [5.74, 6) is -1.62. The summed E-state index contributed by atoms with van der Waals surface area (Å²) in [6.07, 6.45) is -3.48. The average Bonchev–Trinajstić information content (AvgIpc) is 2.22. The van der Waals surface area contributed by atoms with E-state index in [4.69, 9.17) is 10.2 Å². The zero-order valence-corrected chi connectivity index (χ0v) is 8.08. The largest absolute Gasteiger partial charge is 0.388 e. The molecular formula is C8H13NO6. The summed E-state index contributed by atoms with van der Waals surface area (Å²) < 4.78 is 0. The van der Waals surface area contributed by atoms with E-state index < -0.39 is 36.5 Å². The molecule has 7 nitrogen and oxygen atoms in total. The van der Waals surface area contributed by atoms with Crippen LogP contribution in [0.2, 0.25) is 0 Å². The Balaban J connectivity index is 4.49. The van der Waals surface area contributed by atoms with Crippen LogP contribution < -0.4 is 5.32 Å². The second-order valence-corrected chi connectivity index (χ2v) is 2.92. The maximum Gasteiger partial charge on any atom is 0.217 e. The topological polar surface area (TPSA) is 124 Å². The van der Waals surface area contributed by atoms with Gasteiger partial charge in [0.05, 0.1) is 0 Å². The van der Waals surface area contributed by atoms with Crippen molar-refractivity contribution in [3.8, 4) is 0 Å². The molecule has 0 unspecified atom stereocenters. The lowest BCUT2D eigenvalue weighted by atomic mass is 10.0. The Hall–Kier alpha value is -1.31. The van der Waals surface area contributed by atoms with Crippen LogP contribution in [-0.4, -0.2) is 58.2 Å². The van der Waals surface area contributed by atoms with Crippen LogP contribution in [0.25, 0.3) is 0 Å². The van der Waals surface area contributed by atoms with Gasteiger partial charge < -0.3 is 25.4 Å². The van der Waals surface area contributed by atoms with Gasteiger partial charge >= 0.3 is 0 Å². The summed E-state index contributed by atoms with van der Waals surface area (Å²) >= 11 is 0. The molecule has 86 valence electrons. The molecule has 0 radical (unpaired) electrons. The summed E-state index contributed by atoms with van der Waals surface area (Å²) in [5, 5.41) is 28.9. The summed E-state index contributed by atoms with van der Waals surface area (Å²) in [6.45, 7) is 0.160. The number of aldehydes is 1. The van der Waals surface area contributed by atoms with Crippen molar-refractivity contribution in [1.29, 1.82) is 0 Å². The molecule has 3 atom stereocenters. The number of rotatable bonds is 6. The molecule has 0 aromatic heterocycles. The van der Waals surface area contributed by atoms with Crippen LogP contribution in [0, 0.1) is 0 Å². The number of hydrogen-bond donors (Lipinski definition) is 4. The van der Waals surface area contributed by atoms with Gasteiger partial charge in [-0.3, -0.25) is 9.59 Å². The number of aliphatic hydroxyl groups is 3. The van der Waals surface area contributed by atoms with E-state index in [2.05, 4.69) is 0 Å². The van der Waals surface area contributed by atoms with E-state index in [0.29, 0.717) is 0 Å². The van der Waals surface area contributed by atoms with E-state index in [9.17, 15) is 19.5 Å². The van der Waals surface area contributed by atoms with Gasteiger partial charge in [-0.15, -0.1) is 0 Å². The predicted molar refractivity (Wildman–Crippen MR) is 47.8 cm³/mol. The minimum atomic E-state index is -1.91. The van der Waals surface area contributed by atoms with Crippen LogP contribution in [0.5, 0.6) is 0 Å². The fraction of sp³-hybridized carbons (Fsp3) is 0.625. The number of aliphatic hydroxyl groups excluding tert-OH is 3. The molecule has 0 saturated carbocycles. The first-order valence-electron chi connectivity index (χ1n) is 4.16. The Morgan fingerprint density at radius 1 is 1.40 bits per heavy atom. The molecule has 0 bridgehead atoms. The van der Waals surface area contributed by atoms with Crippen LogP contribution in [0.15, 0.2) is 0 Å². The monoisotopic (exact) mass is 219 g/mol. The van der Waals surface area contributed by atoms with Crippen molar-refractivity contribution in [1.82, 2.24) is 5.32 Å². The molecule has 0 aliphatic rings. The molecule has 0 aliphatic carbocycles. The van der Waals surface area contributed by atoms with Gasteiger partial charge in [0.15, 0.2) is 5.78 Å². The lowest BCUT2D eigenvalue weighted by Gasteiger charge is -2.21. The van der Waals surface area contributed by atoms with E-state index in [0.717, 1.165) is 6.92 Å². The Labute approximate surface area is 85.7 Å². The summed E-state index contributed by atoms with van der Waals surface area (Å²) in [4.78, 5) is 31.8. The summed E-state index contributed by atoms with van der Waals surface area (Å²) in [6, 6.07) is -1.38. The lowest BCUT2D eigenvalue weighted by molar-refractivity contribution is -0.139. The first kappa shape index (κ1) is 13.7. The summed E-state index contributed by atoms with van der Waals surface area (Å²) in [7, 11) is 0. The van der Waals surface area contributed by atoms with Crippen LogP contribution >= 0.6 is 0 Å². The SMILES string of the molecule is CC(=O)N[C@@H](C=O)[C@@H](O)[C@H](O)C(=O)CO. The Bertz CT molecular complexity index is 254. The Morgan fingerprint density at radius 2 is 1.93 bits per heavy atom. The highest BCUT2D eigenvalue weighted by Crippen LogP contribution is 2.00. The van der Waals surface area contributed by atoms with Gasteiger partial charge in [-0.25, -0.2) is 0 Å². The molecule has 7 heteroatoms. The molecule has 4 N–H and O–H groups in total. The van der Waals surface area contributed by atoms with E-state index in [-0.39, 0.29) is 6.29 Å². The second kappa shape index (κ2) is 6.23. The van der Waals surface area contributed by atoms with Crippen molar-refractivity contribution in [3.05, 3.63) is 0 Å². The second-order valence-electron chi connectivity index (χ2n) is 2.92. The first-order valence-corrected chi connectivity index (χ1v) is 4.16. The van der Waals surface area contributed by atoms with Gasteiger partial charge in [0.1, 0.15) is 31.1 Å². The van der Waals surface area contributed by atoms with E-state index in [1.54, 1.807) is 0 Å². The molecule has 0 aromatic carbocycles. The minimum Gasteiger partial charge on any atom is -0.388 e. The van der Waals surface area contributed by atoms with Gasteiger partial charge in [0, 0.05) is 6.92 Å². The van der Waals surface area contributed by atoms with Crippen LogP contribution in [0.3, 0.4) is 0 Å². The number of ketones is 1. The van der Waals surface area contributed by atoms with Crippen LogP contribution in [0.4, 0.5) is 0 Å². The lowest BCUT2D eigenvalue weighted by Crippen LogP contribution is -2.51. The molecule has 0 fully saturated rings. The van der Waals surface area contributed by atoms with Gasteiger partial charge in [-0.1, -0.05) is 0 Å². The zero-order chi connectivity index (χ0) is 12.0.